The Hall–Kier alpha value is -8.19. The summed E-state index contributed by atoms with van der Waals surface area (Å²) < 4.78 is 11.4. The van der Waals surface area contributed by atoms with Crippen LogP contribution in [-0.4, -0.2) is 19.5 Å². The lowest BCUT2D eigenvalue weighted by molar-refractivity contribution is 0.669. The molecule has 5 nitrogen and oxygen atoms in total. The molecule has 0 aliphatic heterocycles. The lowest BCUT2D eigenvalue weighted by Gasteiger charge is -2.11. The van der Waals surface area contributed by atoms with Crippen molar-refractivity contribution < 1.29 is 4.42 Å². The molecule has 0 aliphatic rings. The van der Waals surface area contributed by atoms with Gasteiger partial charge in [0.05, 0.1) is 11.0 Å². The minimum atomic E-state index is 0.588. The standard InChI is InChI=1S/C57H34N4OS/c1-4-14-35(15-5-1)38-26-29-43-42-20-10-11-23-47(42)61(48(43)32-38)40-28-31-49-46(34-40)53-45(22-12-24-50(53)62-49)57-59-55(37-18-8-3-9-19-37)58-56(60-57)39-27-30-44-52(33-39)63-51-25-13-21-41(54(44)51)36-16-6-2-7-17-36/h1-34H. The van der Waals surface area contributed by atoms with E-state index in [2.05, 4.69) is 180 Å². The van der Waals surface area contributed by atoms with Gasteiger partial charge in [0.15, 0.2) is 17.5 Å². The summed E-state index contributed by atoms with van der Waals surface area (Å²) in [5, 5.41) is 6.87. The van der Waals surface area contributed by atoms with Gasteiger partial charge in [0.25, 0.3) is 0 Å². The maximum atomic E-state index is 6.61. The number of para-hydroxylation sites is 1. The van der Waals surface area contributed by atoms with Crippen molar-refractivity contribution in [1.82, 2.24) is 19.5 Å². The number of benzene rings is 9. The fraction of sp³-hybridized carbons (Fsp3) is 0. The van der Waals surface area contributed by atoms with Crippen LogP contribution in [0.2, 0.25) is 0 Å². The molecule has 0 spiro atoms. The molecule has 0 fully saturated rings. The minimum absolute atomic E-state index is 0.588. The van der Waals surface area contributed by atoms with E-state index in [1.165, 1.54) is 53.2 Å². The molecule has 294 valence electrons. The smallest absolute Gasteiger partial charge is 0.164 e. The van der Waals surface area contributed by atoms with Gasteiger partial charge >= 0.3 is 0 Å². The van der Waals surface area contributed by atoms with E-state index in [0.29, 0.717) is 17.5 Å². The van der Waals surface area contributed by atoms with Crippen LogP contribution in [-0.2, 0) is 0 Å². The van der Waals surface area contributed by atoms with E-state index in [1.54, 1.807) is 11.3 Å². The fourth-order valence-corrected chi connectivity index (χ4v) is 10.5. The summed E-state index contributed by atoms with van der Waals surface area (Å²) in [7, 11) is 0. The van der Waals surface area contributed by atoms with Crippen molar-refractivity contribution >= 4 is 75.3 Å². The molecule has 13 rings (SSSR count). The van der Waals surface area contributed by atoms with Gasteiger partial charge in [0, 0.05) is 64.1 Å². The Labute approximate surface area is 365 Å². The van der Waals surface area contributed by atoms with Crippen LogP contribution >= 0.6 is 11.3 Å². The molecule has 13 aromatic rings. The van der Waals surface area contributed by atoms with Gasteiger partial charge < -0.3 is 8.98 Å². The summed E-state index contributed by atoms with van der Waals surface area (Å²) in [5.74, 6) is 1.82. The van der Waals surface area contributed by atoms with Crippen molar-refractivity contribution in [2.24, 2.45) is 0 Å². The van der Waals surface area contributed by atoms with Crippen molar-refractivity contribution in [3.05, 3.63) is 206 Å². The SMILES string of the molecule is c1ccc(-c2ccc3c4ccccc4n(-c4ccc5oc6cccc(-c7nc(-c8ccccc8)nc(-c8ccc9c(c8)sc8cccc(-c%10ccccc%10)c89)n7)c6c5c4)c3c2)cc1. The molecule has 9 aromatic carbocycles. The summed E-state index contributed by atoms with van der Waals surface area (Å²) in [6, 6.07) is 72.7. The van der Waals surface area contributed by atoms with Crippen LogP contribution in [0.4, 0.5) is 0 Å². The predicted molar refractivity (Wildman–Crippen MR) is 262 cm³/mol. The van der Waals surface area contributed by atoms with Crippen LogP contribution in [0.25, 0.3) is 126 Å². The van der Waals surface area contributed by atoms with Gasteiger partial charge in [0.1, 0.15) is 11.2 Å². The van der Waals surface area contributed by atoms with Crippen LogP contribution in [0.15, 0.2) is 211 Å². The highest BCUT2D eigenvalue weighted by Crippen LogP contribution is 2.43. The lowest BCUT2D eigenvalue weighted by Crippen LogP contribution is -2.00. The van der Waals surface area contributed by atoms with Crippen molar-refractivity contribution in [3.8, 4) is 62.1 Å². The minimum Gasteiger partial charge on any atom is -0.456 e. The highest BCUT2D eigenvalue weighted by molar-refractivity contribution is 7.26. The summed E-state index contributed by atoms with van der Waals surface area (Å²) in [6.07, 6.45) is 0. The Morgan fingerprint density at radius 1 is 0.349 bits per heavy atom. The van der Waals surface area contributed by atoms with Crippen molar-refractivity contribution in [1.29, 1.82) is 0 Å². The topological polar surface area (TPSA) is 56.7 Å². The highest BCUT2D eigenvalue weighted by atomic mass is 32.1. The predicted octanol–water partition coefficient (Wildman–Crippen LogP) is 15.6. The summed E-state index contributed by atoms with van der Waals surface area (Å²) >= 11 is 1.80. The molecule has 0 saturated carbocycles. The molecule has 0 radical (unpaired) electrons. The van der Waals surface area contributed by atoms with E-state index in [0.717, 1.165) is 55.3 Å². The zero-order valence-electron chi connectivity index (χ0n) is 33.7. The molecule has 6 heteroatoms. The lowest BCUT2D eigenvalue weighted by atomic mass is 9.99. The summed E-state index contributed by atoms with van der Waals surface area (Å²) in [4.78, 5) is 15.6. The first-order valence-corrected chi connectivity index (χ1v) is 21.9. The zero-order valence-corrected chi connectivity index (χ0v) is 34.6. The van der Waals surface area contributed by atoms with Crippen LogP contribution in [0.1, 0.15) is 0 Å². The first kappa shape index (κ1) is 35.6. The van der Waals surface area contributed by atoms with Gasteiger partial charge in [-0.15, -0.1) is 11.3 Å². The van der Waals surface area contributed by atoms with Crippen LogP contribution < -0.4 is 0 Å². The van der Waals surface area contributed by atoms with E-state index < -0.39 is 0 Å². The number of hydrogen-bond acceptors (Lipinski definition) is 5. The van der Waals surface area contributed by atoms with Crippen LogP contribution in [0, 0.1) is 0 Å². The Morgan fingerprint density at radius 3 is 1.83 bits per heavy atom. The molecule has 0 amide bonds. The van der Waals surface area contributed by atoms with Crippen molar-refractivity contribution in [2.45, 2.75) is 0 Å². The monoisotopic (exact) mass is 822 g/mol. The number of hydrogen-bond donors (Lipinski definition) is 0. The third-order valence-electron chi connectivity index (χ3n) is 12.3. The second kappa shape index (κ2) is 14.2. The van der Waals surface area contributed by atoms with Crippen LogP contribution in [0.5, 0.6) is 0 Å². The number of furan rings is 1. The summed E-state index contributed by atoms with van der Waals surface area (Å²) in [5.41, 5.74) is 12.5. The molecule has 4 heterocycles. The second-order valence-electron chi connectivity index (χ2n) is 15.9. The van der Waals surface area contributed by atoms with Crippen molar-refractivity contribution in [3.63, 3.8) is 0 Å². The molecular formula is C57H34N4OS. The maximum absolute atomic E-state index is 6.61. The Kier molecular flexibility index (Phi) is 8.01. The van der Waals surface area contributed by atoms with E-state index in [4.69, 9.17) is 19.4 Å². The Balaban J connectivity index is 1.00. The number of nitrogens with zero attached hydrogens (tertiary/aromatic N) is 4. The van der Waals surface area contributed by atoms with E-state index in [-0.39, 0.29) is 0 Å². The average Bonchev–Trinajstić information content (AvgIpc) is 4.03. The first-order chi connectivity index (χ1) is 31.2. The number of thiophene rings is 1. The number of rotatable bonds is 6. The van der Waals surface area contributed by atoms with E-state index in [9.17, 15) is 0 Å². The van der Waals surface area contributed by atoms with Crippen LogP contribution in [0.3, 0.4) is 0 Å². The summed E-state index contributed by atoms with van der Waals surface area (Å²) in [6.45, 7) is 0. The Bertz CT molecular complexity index is 3910. The van der Waals surface area contributed by atoms with Crippen molar-refractivity contribution in [2.75, 3.05) is 0 Å². The molecule has 4 aromatic heterocycles. The molecule has 0 unspecified atom stereocenters. The number of aromatic nitrogens is 4. The molecule has 0 saturated heterocycles. The van der Waals surface area contributed by atoms with Gasteiger partial charge in [-0.05, 0) is 70.8 Å². The third-order valence-corrected chi connectivity index (χ3v) is 13.4. The molecular weight excluding hydrogens is 789 g/mol. The molecule has 0 N–H and O–H groups in total. The van der Waals surface area contributed by atoms with E-state index in [1.807, 2.05) is 30.3 Å². The maximum Gasteiger partial charge on any atom is 0.164 e. The second-order valence-corrected chi connectivity index (χ2v) is 17.0. The highest BCUT2D eigenvalue weighted by Gasteiger charge is 2.21. The number of fused-ring (bicyclic) bond motifs is 9. The molecule has 0 atom stereocenters. The molecule has 0 bridgehead atoms. The normalized spacial score (nSPS) is 11.8. The van der Waals surface area contributed by atoms with E-state index >= 15 is 0 Å². The Morgan fingerprint density at radius 2 is 1.00 bits per heavy atom. The van der Waals surface area contributed by atoms with Gasteiger partial charge in [-0.1, -0.05) is 158 Å². The largest absolute Gasteiger partial charge is 0.456 e. The quantitative estimate of drug-likeness (QED) is 0.168. The average molecular weight is 823 g/mol. The van der Waals surface area contributed by atoms with Gasteiger partial charge in [-0.3, -0.25) is 0 Å². The van der Waals surface area contributed by atoms with Gasteiger partial charge in [0.2, 0.25) is 0 Å². The fourth-order valence-electron chi connectivity index (χ4n) is 9.36. The van der Waals surface area contributed by atoms with Gasteiger partial charge in [-0.25, -0.2) is 15.0 Å². The third kappa shape index (κ3) is 5.80. The molecule has 0 aliphatic carbocycles. The first-order valence-electron chi connectivity index (χ1n) is 21.1. The zero-order chi connectivity index (χ0) is 41.4. The molecule has 63 heavy (non-hydrogen) atoms. The van der Waals surface area contributed by atoms with Gasteiger partial charge in [-0.2, -0.15) is 0 Å².